The molecule has 148 valence electrons. The Kier molecular flexibility index (Phi) is 5.66. The van der Waals surface area contributed by atoms with Gasteiger partial charge in [0.05, 0.1) is 23.9 Å². The van der Waals surface area contributed by atoms with E-state index in [1.54, 1.807) is 24.4 Å². The van der Waals surface area contributed by atoms with Crippen LogP contribution in [0.4, 0.5) is 5.69 Å². The highest BCUT2D eigenvalue weighted by Crippen LogP contribution is 2.44. The lowest BCUT2D eigenvalue weighted by Crippen LogP contribution is -2.45. The highest BCUT2D eigenvalue weighted by molar-refractivity contribution is 6.33. The minimum Gasteiger partial charge on any atom is -0.496 e. The first kappa shape index (κ1) is 20.2. The zero-order valence-electron chi connectivity index (χ0n) is 16.9. The van der Waals surface area contributed by atoms with Crippen molar-refractivity contribution in [3.63, 3.8) is 0 Å². The molecule has 1 atom stereocenters. The van der Waals surface area contributed by atoms with Gasteiger partial charge in [-0.2, -0.15) is 5.10 Å². The molecule has 0 aliphatic carbocycles. The molecule has 2 aromatic carbocycles. The highest BCUT2D eigenvalue weighted by Gasteiger charge is 2.34. The second-order valence-electron chi connectivity index (χ2n) is 7.81. The van der Waals surface area contributed by atoms with Crippen molar-refractivity contribution in [2.45, 2.75) is 38.6 Å². The van der Waals surface area contributed by atoms with E-state index in [-0.39, 0.29) is 11.4 Å². The molecule has 2 aromatic rings. The maximum absolute atomic E-state index is 12.4. The van der Waals surface area contributed by atoms with Gasteiger partial charge in [0.2, 0.25) is 0 Å². The monoisotopic (exact) mass is 399 g/mol. The van der Waals surface area contributed by atoms with E-state index in [4.69, 9.17) is 16.3 Å². The van der Waals surface area contributed by atoms with E-state index in [1.807, 2.05) is 12.1 Å². The summed E-state index contributed by atoms with van der Waals surface area (Å²) in [5.74, 6) is 0.577. The van der Waals surface area contributed by atoms with Crippen molar-refractivity contribution in [2.75, 3.05) is 19.1 Å². The number of carbonyl (C=O) groups excluding carboxylic acids is 1. The highest BCUT2D eigenvalue weighted by atomic mass is 35.5. The van der Waals surface area contributed by atoms with Crippen molar-refractivity contribution in [1.29, 1.82) is 0 Å². The van der Waals surface area contributed by atoms with E-state index < -0.39 is 0 Å². The number of para-hydroxylation sites is 1. The Morgan fingerprint density at radius 2 is 2.07 bits per heavy atom. The molecule has 28 heavy (non-hydrogen) atoms. The summed E-state index contributed by atoms with van der Waals surface area (Å²) < 4.78 is 5.21. The lowest BCUT2D eigenvalue weighted by molar-refractivity contribution is 0.0952. The molecule has 1 heterocycles. The van der Waals surface area contributed by atoms with Crippen LogP contribution in [-0.2, 0) is 0 Å². The van der Waals surface area contributed by atoms with Crippen molar-refractivity contribution >= 4 is 29.4 Å². The normalized spacial score (nSPS) is 18.1. The van der Waals surface area contributed by atoms with Gasteiger partial charge in [0.25, 0.3) is 5.91 Å². The van der Waals surface area contributed by atoms with Gasteiger partial charge in [-0.1, -0.05) is 30.7 Å². The lowest BCUT2D eigenvalue weighted by Gasteiger charge is -2.45. The number of hydrogen-bond donors (Lipinski definition) is 1. The maximum atomic E-state index is 12.4. The van der Waals surface area contributed by atoms with Gasteiger partial charge in [-0.15, -0.1) is 0 Å². The molecule has 0 unspecified atom stereocenters. The molecule has 1 aliphatic heterocycles. The second-order valence-corrected chi connectivity index (χ2v) is 8.22. The number of carbonyl (C=O) groups is 1. The van der Waals surface area contributed by atoms with Crippen LogP contribution in [0.1, 0.15) is 54.6 Å². The number of methoxy groups -OCH3 is 1. The Bertz CT molecular complexity index is 924. The van der Waals surface area contributed by atoms with Crippen LogP contribution in [0.2, 0.25) is 5.02 Å². The number of benzene rings is 2. The summed E-state index contributed by atoms with van der Waals surface area (Å²) in [4.78, 5) is 14.6. The van der Waals surface area contributed by atoms with Crippen molar-refractivity contribution < 1.29 is 9.53 Å². The predicted molar refractivity (Wildman–Crippen MR) is 115 cm³/mol. The SMILES string of the molecule is COc1ccccc1C(=O)N/N=C\c1cc2c(cc1Cl)N(C)C(C)(C)C[C@@H]2C. The third-order valence-corrected chi connectivity index (χ3v) is 5.80. The molecular formula is C22H26ClN3O2. The molecule has 5 nitrogen and oxygen atoms in total. The van der Waals surface area contributed by atoms with Crippen LogP contribution in [0.15, 0.2) is 41.5 Å². The number of ether oxygens (including phenoxy) is 1. The minimum absolute atomic E-state index is 0.0774. The molecule has 6 heteroatoms. The largest absolute Gasteiger partial charge is 0.496 e. The first-order valence-electron chi connectivity index (χ1n) is 9.28. The Morgan fingerprint density at radius 3 is 2.79 bits per heavy atom. The summed E-state index contributed by atoms with van der Waals surface area (Å²) in [6.45, 7) is 6.71. The predicted octanol–water partition coefficient (Wildman–Crippen LogP) is 4.83. The Labute approximate surface area is 171 Å². The average molecular weight is 400 g/mol. The fourth-order valence-corrected chi connectivity index (χ4v) is 3.96. The van der Waals surface area contributed by atoms with Gasteiger partial charge < -0.3 is 9.64 Å². The average Bonchev–Trinajstić information content (AvgIpc) is 2.66. The molecule has 1 N–H and O–H groups in total. The number of nitrogens with one attached hydrogen (secondary N) is 1. The Morgan fingerprint density at radius 1 is 1.36 bits per heavy atom. The van der Waals surface area contributed by atoms with Crippen LogP contribution >= 0.6 is 11.6 Å². The van der Waals surface area contributed by atoms with Gasteiger partial charge in [0.15, 0.2) is 0 Å². The molecule has 0 aromatic heterocycles. The van der Waals surface area contributed by atoms with Crippen molar-refractivity contribution in [3.05, 3.63) is 58.1 Å². The molecule has 0 spiro atoms. The Balaban J connectivity index is 1.82. The topological polar surface area (TPSA) is 53.9 Å². The summed E-state index contributed by atoms with van der Waals surface area (Å²) >= 11 is 6.50. The van der Waals surface area contributed by atoms with E-state index in [2.05, 4.69) is 49.3 Å². The van der Waals surface area contributed by atoms with Crippen LogP contribution in [0.25, 0.3) is 0 Å². The fourth-order valence-electron chi connectivity index (χ4n) is 3.76. The molecule has 0 saturated carbocycles. The van der Waals surface area contributed by atoms with Crippen molar-refractivity contribution in [1.82, 2.24) is 5.43 Å². The van der Waals surface area contributed by atoms with Gasteiger partial charge >= 0.3 is 0 Å². The van der Waals surface area contributed by atoms with Crippen LogP contribution in [0.3, 0.4) is 0 Å². The van der Waals surface area contributed by atoms with Gasteiger partial charge in [-0.25, -0.2) is 5.43 Å². The molecule has 3 rings (SSSR count). The number of anilines is 1. The molecule has 0 radical (unpaired) electrons. The number of halogens is 1. The molecule has 1 amide bonds. The van der Waals surface area contributed by atoms with Crippen LogP contribution in [0.5, 0.6) is 5.75 Å². The van der Waals surface area contributed by atoms with E-state index in [0.717, 1.165) is 17.7 Å². The molecule has 0 fully saturated rings. The third-order valence-electron chi connectivity index (χ3n) is 5.47. The van der Waals surface area contributed by atoms with Gasteiger partial charge in [0, 0.05) is 23.8 Å². The van der Waals surface area contributed by atoms with Gasteiger partial charge in [0.1, 0.15) is 5.75 Å². The minimum atomic E-state index is -0.336. The summed E-state index contributed by atoms with van der Waals surface area (Å²) in [7, 11) is 3.63. The van der Waals surface area contributed by atoms with Crippen LogP contribution in [0, 0.1) is 0 Å². The number of amides is 1. The first-order chi connectivity index (χ1) is 13.2. The number of fused-ring (bicyclic) bond motifs is 1. The lowest BCUT2D eigenvalue weighted by atomic mass is 9.80. The number of hydrogen-bond acceptors (Lipinski definition) is 4. The van der Waals surface area contributed by atoms with Crippen LogP contribution in [-0.4, -0.2) is 31.8 Å². The van der Waals surface area contributed by atoms with Gasteiger partial charge in [-0.05, 0) is 56.0 Å². The summed E-state index contributed by atoms with van der Waals surface area (Å²) in [5, 5.41) is 4.70. The summed E-state index contributed by atoms with van der Waals surface area (Å²) in [5.41, 5.74) is 6.21. The van der Waals surface area contributed by atoms with E-state index in [9.17, 15) is 4.79 Å². The molecule has 0 saturated heterocycles. The summed E-state index contributed by atoms with van der Waals surface area (Å²) in [6, 6.07) is 11.1. The van der Waals surface area contributed by atoms with Crippen molar-refractivity contribution in [2.24, 2.45) is 5.10 Å². The number of hydrazone groups is 1. The number of nitrogens with zero attached hydrogens (tertiary/aromatic N) is 2. The zero-order valence-corrected chi connectivity index (χ0v) is 17.7. The molecular weight excluding hydrogens is 374 g/mol. The van der Waals surface area contributed by atoms with Crippen molar-refractivity contribution in [3.8, 4) is 5.75 Å². The fraction of sp³-hybridized carbons (Fsp3) is 0.364. The smallest absolute Gasteiger partial charge is 0.275 e. The molecule has 0 bridgehead atoms. The summed E-state index contributed by atoms with van der Waals surface area (Å²) in [6.07, 6.45) is 2.64. The Hall–Kier alpha value is -2.53. The third kappa shape index (κ3) is 3.85. The maximum Gasteiger partial charge on any atom is 0.275 e. The zero-order chi connectivity index (χ0) is 20.5. The van der Waals surface area contributed by atoms with E-state index in [1.165, 1.54) is 12.7 Å². The second kappa shape index (κ2) is 7.84. The quantitative estimate of drug-likeness (QED) is 0.591. The van der Waals surface area contributed by atoms with Crippen LogP contribution < -0.4 is 15.1 Å². The van der Waals surface area contributed by atoms with E-state index in [0.29, 0.717) is 22.3 Å². The van der Waals surface area contributed by atoms with E-state index >= 15 is 0 Å². The van der Waals surface area contributed by atoms with Gasteiger partial charge in [-0.3, -0.25) is 4.79 Å². The first-order valence-corrected chi connectivity index (χ1v) is 9.66. The number of rotatable bonds is 4. The molecule has 1 aliphatic rings. The standard InChI is InChI=1S/C22H26ClN3O2/c1-14-12-22(2,3)26(4)19-11-18(23)15(10-17(14)19)13-24-25-21(27)16-8-6-7-9-20(16)28-5/h6-11,13-14H,12H2,1-5H3,(H,25,27)/b24-13-/t14-/m0/s1.